The van der Waals surface area contributed by atoms with Crippen molar-refractivity contribution in [3.05, 3.63) is 51.7 Å². The standard InChI is InChI=1S/C19H21F3N2O4/c20-19(21,22)18-17(24(25)26)16(13-4-1-2-7-15(13)28-18)12-5-3-6-14(12)23-8-10-27-11-9-23/h1-2,4,6-7,12,16-18H,3,5,8-11H2/t12-,16-,17+,18-/m0/s1. The van der Waals surface area contributed by atoms with Gasteiger partial charge in [0.2, 0.25) is 0 Å². The van der Waals surface area contributed by atoms with Crippen LogP contribution in [0.15, 0.2) is 36.0 Å². The lowest BCUT2D eigenvalue weighted by Crippen LogP contribution is -2.55. The number of halogens is 3. The molecule has 0 unspecified atom stereocenters. The first kappa shape index (κ1) is 19.0. The summed E-state index contributed by atoms with van der Waals surface area (Å²) in [6.07, 6.45) is -4.01. The van der Waals surface area contributed by atoms with Crippen LogP contribution in [-0.2, 0) is 4.74 Å². The van der Waals surface area contributed by atoms with Crippen molar-refractivity contribution in [3.8, 4) is 5.75 Å². The Labute approximate surface area is 160 Å². The molecule has 3 aliphatic rings. The Morgan fingerprint density at radius 3 is 2.57 bits per heavy atom. The van der Waals surface area contributed by atoms with E-state index < -0.39 is 29.2 Å². The van der Waals surface area contributed by atoms with Crippen LogP contribution in [0.4, 0.5) is 13.2 Å². The van der Waals surface area contributed by atoms with Gasteiger partial charge in [-0.1, -0.05) is 24.3 Å². The molecule has 152 valence electrons. The van der Waals surface area contributed by atoms with Gasteiger partial charge >= 0.3 is 6.18 Å². The predicted molar refractivity (Wildman–Crippen MR) is 93.6 cm³/mol. The minimum absolute atomic E-state index is 0.0844. The van der Waals surface area contributed by atoms with E-state index in [4.69, 9.17) is 9.47 Å². The van der Waals surface area contributed by atoms with E-state index in [-0.39, 0.29) is 11.7 Å². The lowest BCUT2D eigenvalue weighted by molar-refractivity contribution is -0.550. The lowest BCUT2D eigenvalue weighted by atomic mass is 9.75. The first-order valence-electron chi connectivity index (χ1n) is 9.36. The van der Waals surface area contributed by atoms with Gasteiger partial charge in [-0.2, -0.15) is 13.2 Å². The van der Waals surface area contributed by atoms with E-state index in [0.717, 1.165) is 5.70 Å². The maximum Gasteiger partial charge on any atom is 0.432 e. The number of morpholine rings is 1. The van der Waals surface area contributed by atoms with Crippen LogP contribution in [0.1, 0.15) is 24.3 Å². The molecule has 9 heteroatoms. The fourth-order valence-electron chi connectivity index (χ4n) is 4.66. The van der Waals surface area contributed by atoms with Crippen molar-refractivity contribution >= 4 is 0 Å². The van der Waals surface area contributed by atoms with Crippen LogP contribution < -0.4 is 4.74 Å². The van der Waals surface area contributed by atoms with Crippen molar-refractivity contribution in [2.75, 3.05) is 26.3 Å². The Kier molecular flexibility index (Phi) is 4.95. The summed E-state index contributed by atoms with van der Waals surface area (Å²) < 4.78 is 51.6. The number of nitro groups is 1. The predicted octanol–water partition coefficient (Wildman–Crippen LogP) is 3.36. The molecule has 6 nitrogen and oxygen atoms in total. The third-order valence-corrected chi connectivity index (χ3v) is 5.80. The molecule has 0 saturated carbocycles. The molecular weight excluding hydrogens is 377 g/mol. The van der Waals surface area contributed by atoms with Crippen molar-refractivity contribution in [3.63, 3.8) is 0 Å². The monoisotopic (exact) mass is 398 g/mol. The van der Waals surface area contributed by atoms with Gasteiger partial charge in [-0.15, -0.1) is 0 Å². The third-order valence-electron chi connectivity index (χ3n) is 5.80. The van der Waals surface area contributed by atoms with Gasteiger partial charge in [-0.25, -0.2) is 0 Å². The second kappa shape index (κ2) is 7.27. The average molecular weight is 398 g/mol. The van der Waals surface area contributed by atoms with Gasteiger partial charge in [0, 0.05) is 35.2 Å². The van der Waals surface area contributed by atoms with E-state index in [1.807, 2.05) is 6.08 Å². The second-order valence-corrected chi connectivity index (χ2v) is 7.33. The van der Waals surface area contributed by atoms with Crippen LogP contribution in [-0.4, -0.2) is 54.4 Å². The fourth-order valence-corrected chi connectivity index (χ4v) is 4.66. The number of para-hydroxylation sites is 1. The molecule has 28 heavy (non-hydrogen) atoms. The largest absolute Gasteiger partial charge is 0.473 e. The second-order valence-electron chi connectivity index (χ2n) is 7.33. The molecule has 1 saturated heterocycles. The van der Waals surface area contributed by atoms with Gasteiger partial charge in [0.15, 0.2) is 0 Å². The molecule has 0 spiro atoms. The SMILES string of the molecule is O=[N+]([O-])[C@@H]1[C@@H]([C@H]2CCC=C2N2CCOCC2)c2ccccc2O[C@@H]1C(F)(F)F. The Balaban J connectivity index is 1.77. The summed E-state index contributed by atoms with van der Waals surface area (Å²) in [6, 6.07) is 4.50. The van der Waals surface area contributed by atoms with Crippen molar-refractivity contribution in [2.24, 2.45) is 5.92 Å². The maximum absolute atomic E-state index is 13.7. The Morgan fingerprint density at radius 1 is 1.18 bits per heavy atom. The van der Waals surface area contributed by atoms with Crippen LogP contribution in [0.5, 0.6) is 5.75 Å². The number of benzene rings is 1. The van der Waals surface area contributed by atoms with Crippen LogP contribution >= 0.6 is 0 Å². The highest BCUT2D eigenvalue weighted by molar-refractivity contribution is 5.42. The maximum atomic E-state index is 13.7. The number of rotatable bonds is 3. The van der Waals surface area contributed by atoms with Crippen LogP contribution in [0.3, 0.4) is 0 Å². The summed E-state index contributed by atoms with van der Waals surface area (Å²) in [5.41, 5.74) is 1.38. The Bertz CT molecular complexity index is 777. The number of ether oxygens (including phenoxy) is 2. The summed E-state index contributed by atoms with van der Waals surface area (Å²) in [5.74, 6) is -1.17. The Morgan fingerprint density at radius 2 is 1.89 bits per heavy atom. The quantitative estimate of drug-likeness (QED) is 0.577. The smallest absolute Gasteiger partial charge is 0.432 e. The molecule has 0 bridgehead atoms. The van der Waals surface area contributed by atoms with Crippen molar-refractivity contribution < 1.29 is 27.6 Å². The van der Waals surface area contributed by atoms with E-state index in [9.17, 15) is 23.3 Å². The zero-order valence-electron chi connectivity index (χ0n) is 15.1. The number of fused-ring (bicyclic) bond motifs is 1. The van der Waals surface area contributed by atoms with Gasteiger partial charge in [0.05, 0.1) is 19.1 Å². The molecule has 0 aromatic heterocycles. The van der Waals surface area contributed by atoms with Gasteiger partial charge in [0.1, 0.15) is 5.75 Å². The van der Waals surface area contributed by atoms with E-state index in [2.05, 4.69) is 4.90 Å². The van der Waals surface area contributed by atoms with E-state index in [1.54, 1.807) is 18.2 Å². The summed E-state index contributed by atoms with van der Waals surface area (Å²) in [6.45, 7) is 2.36. The normalized spacial score (nSPS) is 30.4. The molecule has 1 aromatic rings. The lowest BCUT2D eigenvalue weighted by Gasteiger charge is -2.41. The van der Waals surface area contributed by atoms with Crippen molar-refractivity contribution in [2.45, 2.75) is 37.1 Å². The van der Waals surface area contributed by atoms with Gasteiger partial charge < -0.3 is 14.4 Å². The van der Waals surface area contributed by atoms with Gasteiger partial charge in [-0.05, 0) is 18.9 Å². The van der Waals surface area contributed by atoms with Gasteiger partial charge in [-0.3, -0.25) is 10.1 Å². The highest BCUT2D eigenvalue weighted by Gasteiger charge is 2.61. The van der Waals surface area contributed by atoms with Crippen molar-refractivity contribution in [1.29, 1.82) is 0 Å². The van der Waals surface area contributed by atoms with E-state index in [1.165, 1.54) is 6.07 Å². The zero-order chi connectivity index (χ0) is 19.9. The number of alkyl halides is 3. The molecule has 0 amide bonds. The fraction of sp³-hybridized carbons (Fsp3) is 0.579. The minimum Gasteiger partial charge on any atom is -0.473 e. The highest BCUT2D eigenvalue weighted by Crippen LogP contribution is 2.50. The summed E-state index contributed by atoms with van der Waals surface area (Å²) in [7, 11) is 0. The summed E-state index contributed by atoms with van der Waals surface area (Å²) in [4.78, 5) is 13.1. The first-order chi connectivity index (χ1) is 13.4. The molecule has 1 fully saturated rings. The zero-order valence-corrected chi connectivity index (χ0v) is 15.1. The highest BCUT2D eigenvalue weighted by atomic mass is 19.4. The molecule has 4 atom stereocenters. The van der Waals surface area contributed by atoms with Gasteiger partial charge in [0.25, 0.3) is 12.1 Å². The molecule has 2 aliphatic heterocycles. The average Bonchev–Trinajstić information content (AvgIpc) is 3.15. The summed E-state index contributed by atoms with van der Waals surface area (Å²) in [5, 5.41) is 11.8. The van der Waals surface area contributed by atoms with Crippen molar-refractivity contribution in [1.82, 2.24) is 4.90 Å². The Hall–Kier alpha value is -2.29. The molecule has 0 N–H and O–H groups in total. The number of nitrogens with zero attached hydrogens (tertiary/aromatic N) is 2. The number of hydrogen-bond acceptors (Lipinski definition) is 5. The molecular formula is C19H21F3N2O4. The molecule has 2 heterocycles. The number of hydrogen-bond donors (Lipinski definition) is 0. The third kappa shape index (κ3) is 3.32. The van der Waals surface area contributed by atoms with E-state index >= 15 is 0 Å². The summed E-state index contributed by atoms with van der Waals surface area (Å²) >= 11 is 0. The minimum atomic E-state index is -4.83. The molecule has 1 aliphatic carbocycles. The molecule has 4 rings (SSSR count). The number of allylic oxidation sites excluding steroid dienone is 2. The molecule has 1 aromatic carbocycles. The van der Waals surface area contributed by atoms with E-state index in [0.29, 0.717) is 44.7 Å². The van der Waals surface area contributed by atoms with Crippen LogP contribution in [0.2, 0.25) is 0 Å². The first-order valence-corrected chi connectivity index (χ1v) is 9.36. The van der Waals surface area contributed by atoms with Crippen LogP contribution in [0.25, 0.3) is 0 Å². The van der Waals surface area contributed by atoms with Crippen LogP contribution in [0, 0.1) is 16.0 Å². The molecule has 0 radical (unpaired) electrons. The topological polar surface area (TPSA) is 64.8 Å².